The van der Waals surface area contributed by atoms with Crippen molar-refractivity contribution in [1.29, 1.82) is 0 Å². The summed E-state index contributed by atoms with van der Waals surface area (Å²) in [7, 11) is 1.36. The van der Waals surface area contributed by atoms with E-state index >= 15 is 0 Å². The SMILES string of the molecule is COc1ccc(-n2ncc(C(=O)Nc3ccc4c(c3)CCC4)c2C(F)(F)F)nn1. The van der Waals surface area contributed by atoms with Gasteiger partial charge in [-0.3, -0.25) is 4.79 Å². The summed E-state index contributed by atoms with van der Waals surface area (Å²) in [4.78, 5) is 12.6. The molecule has 1 aliphatic carbocycles. The van der Waals surface area contributed by atoms with Gasteiger partial charge in [-0.2, -0.15) is 18.3 Å². The Morgan fingerprint density at radius 1 is 1.14 bits per heavy atom. The number of anilines is 1. The molecule has 1 N–H and O–H groups in total. The number of alkyl halides is 3. The van der Waals surface area contributed by atoms with Crippen LogP contribution in [0.5, 0.6) is 5.88 Å². The number of nitrogens with one attached hydrogen (secondary N) is 1. The van der Waals surface area contributed by atoms with Gasteiger partial charge in [-0.25, -0.2) is 4.68 Å². The average molecular weight is 403 g/mol. The molecule has 10 heteroatoms. The highest BCUT2D eigenvalue weighted by Crippen LogP contribution is 2.34. The van der Waals surface area contributed by atoms with E-state index in [1.54, 1.807) is 12.1 Å². The van der Waals surface area contributed by atoms with Crippen molar-refractivity contribution < 1.29 is 22.7 Å². The van der Waals surface area contributed by atoms with Crippen molar-refractivity contribution in [1.82, 2.24) is 20.0 Å². The van der Waals surface area contributed by atoms with Gasteiger partial charge >= 0.3 is 6.18 Å². The van der Waals surface area contributed by atoms with Crippen molar-refractivity contribution in [3.63, 3.8) is 0 Å². The number of aryl methyl sites for hydroxylation is 2. The molecule has 2 aromatic heterocycles. The Labute approximate surface area is 163 Å². The fourth-order valence-electron chi connectivity index (χ4n) is 3.34. The topological polar surface area (TPSA) is 81.9 Å². The summed E-state index contributed by atoms with van der Waals surface area (Å²) in [6, 6.07) is 8.01. The lowest BCUT2D eigenvalue weighted by Crippen LogP contribution is -2.21. The molecule has 0 atom stereocenters. The first-order valence-electron chi connectivity index (χ1n) is 8.83. The van der Waals surface area contributed by atoms with Gasteiger partial charge in [-0.1, -0.05) is 6.07 Å². The van der Waals surface area contributed by atoms with Crippen LogP contribution in [0.3, 0.4) is 0 Å². The maximum absolute atomic E-state index is 13.7. The van der Waals surface area contributed by atoms with Crippen molar-refractivity contribution in [2.45, 2.75) is 25.4 Å². The molecule has 0 fully saturated rings. The lowest BCUT2D eigenvalue weighted by Gasteiger charge is -2.12. The minimum atomic E-state index is -4.83. The Balaban J connectivity index is 1.67. The number of amides is 1. The lowest BCUT2D eigenvalue weighted by atomic mass is 10.1. The first-order valence-corrected chi connectivity index (χ1v) is 8.83. The third-order valence-electron chi connectivity index (χ3n) is 4.69. The smallest absolute Gasteiger partial charge is 0.434 e. The van der Waals surface area contributed by atoms with Gasteiger partial charge in [0.1, 0.15) is 0 Å². The summed E-state index contributed by atoms with van der Waals surface area (Å²) < 4.78 is 46.6. The molecule has 1 amide bonds. The van der Waals surface area contributed by atoms with E-state index in [2.05, 4.69) is 20.6 Å². The molecular weight excluding hydrogens is 387 g/mol. The van der Waals surface area contributed by atoms with Crippen LogP contribution < -0.4 is 10.1 Å². The van der Waals surface area contributed by atoms with Gasteiger partial charge in [-0.15, -0.1) is 10.2 Å². The molecule has 0 unspecified atom stereocenters. The molecule has 2 heterocycles. The first kappa shape index (κ1) is 18.9. The average Bonchev–Trinajstić information content (AvgIpc) is 3.34. The van der Waals surface area contributed by atoms with Crippen molar-refractivity contribution in [2.24, 2.45) is 0 Å². The zero-order valence-corrected chi connectivity index (χ0v) is 15.3. The van der Waals surface area contributed by atoms with Gasteiger partial charge in [-0.05, 0) is 48.6 Å². The molecule has 0 saturated heterocycles. The number of carbonyl (C=O) groups excluding carboxylic acids is 1. The number of hydrogen-bond donors (Lipinski definition) is 1. The summed E-state index contributed by atoms with van der Waals surface area (Å²) in [6.07, 6.45) is -1.07. The summed E-state index contributed by atoms with van der Waals surface area (Å²) in [5, 5.41) is 13.6. The van der Waals surface area contributed by atoms with Crippen molar-refractivity contribution >= 4 is 11.6 Å². The highest BCUT2D eigenvalue weighted by Gasteiger charge is 2.41. The van der Waals surface area contributed by atoms with Gasteiger partial charge in [0.05, 0.1) is 18.9 Å². The van der Waals surface area contributed by atoms with Crippen molar-refractivity contribution in [2.75, 3.05) is 12.4 Å². The summed E-state index contributed by atoms with van der Waals surface area (Å²) in [5.74, 6) is -0.943. The number of ether oxygens (including phenoxy) is 1. The van der Waals surface area contributed by atoms with Crippen LogP contribution in [-0.2, 0) is 19.0 Å². The molecule has 4 rings (SSSR count). The molecule has 0 bridgehead atoms. The highest BCUT2D eigenvalue weighted by molar-refractivity contribution is 6.05. The molecule has 1 aromatic carbocycles. The van der Waals surface area contributed by atoms with Crippen LogP contribution in [0.1, 0.15) is 33.6 Å². The third kappa shape index (κ3) is 3.65. The fourth-order valence-corrected chi connectivity index (χ4v) is 3.34. The second-order valence-corrected chi connectivity index (χ2v) is 6.54. The number of benzene rings is 1. The molecule has 29 heavy (non-hydrogen) atoms. The Morgan fingerprint density at radius 2 is 1.93 bits per heavy atom. The van der Waals surface area contributed by atoms with Crippen LogP contribution in [-0.4, -0.2) is 33.0 Å². The Kier molecular flexibility index (Phi) is 4.69. The molecule has 1 aliphatic rings. The molecule has 0 spiro atoms. The highest BCUT2D eigenvalue weighted by atomic mass is 19.4. The van der Waals surface area contributed by atoms with E-state index in [1.165, 1.54) is 24.8 Å². The number of nitrogens with zero attached hydrogens (tertiary/aromatic N) is 4. The minimum absolute atomic E-state index is 0.143. The van der Waals surface area contributed by atoms with Gasteiger partial charge in [0, 0.05) is 11.8 Å². The van der Waals surface area contributed by atoms with E-state index in [0.29, 0.717) is 10.4 Å². The van der Waals surface area contributed by atoms with Crippen LogP contribution >= 0.6 is 0 Å². The predicted molar refractivity (Wildman–Crippen MR) is 97.1 cm³/mol. The number of rotatable bonds is 4. The standard InChI is InChI=1S/C19H16F3N5O2/c1-29-16-8-7-15(25-26-16)27-17(19(20,21)22)14(10-23-27)18(28)24-13-6-5-11-3-2-4-12(11)9-13/h5-10H,2-4H2,1H3,(H,24,28). The summed E-state index contributed by atoms with van der Waals surface area (Å²) >= 11 is 0. The zero-order chi connectivity index (χ0) is 20.6. The van der Waals surface area contributed by atoms with Crippen molar-refractivity contribution in [3.8, 4) is 11.7 Å². The molecule has 150 valence electrons. The molecule has 0 saturated carbocycles. The summed E-state index contributed by atoms with van der Waals surface area (Å²) in [6.45, 7) is 0. The van der Waals surface area contributed by atoms with E-state index in [1.807, 2.05) is 6.07 Å². The third-order valence-corrected chi connectivity index (χ3v) is 4.69. The van der Waals surface area contributed by atoms with E-state index < -0.39 is 23.3 Å². The maximum Gasteiger partial charge on any atom is 0.434 e. The van der Waals surface area contributed by atoms with Crippen LogP contribution in [0.4, 0.5) is 18.9 Å². The quantitative estimate of drug-likeness (QED) is 0.722. The fraction of sp³-hybridized carbons (Fsp3) is 0.263. The van der Waals surface area contributed by atoms with E-state index in [4.69, 9.17) is 4.74 Å². The molecule has 3 aromatic rings. The van der Waals surface area contributed by atoms with Crippen LogP contribution in [0.25, 0.3) is 5.82 Å². The minimum Gasteiger partial charge on any atom is -0.480 e. The van der Waals surface area contributed by atoms with Crippen molar-refractivity contribution in [3.05, 3.63) is 58.9 Å². The zero-order valence-electron chi connectivity index (χ0n) is 15.3. The lowest BCUT2D eigenvalue weighted by molar-refractivity contribution is -0.143. The monoisotopic (exact) mass is 403 g/mol. The second kappa shape index (κ2) is 7.19. The number of hydrogen-bond acceptors (Lipinski definition) is 5. The normalized spacial score (nSPS) is 13.2. The van der Waals surface area contributed by atoms with Gasteiger partial charge in [0.15, 0.2) is 11.5 Å². The number of carbonyl (C=O) groups is 1. The Hall–Kier alpha value is -3.43. The number of halogens is 3. The van der Waals surface area contributed by atoms with Gasteiger partial charge in [0.25, 0.3) is 5.91 Å². The van der Waals surface area contributed by atoms with Crippen LogP contribution in [0.2, 0.25) is 0 Å². The largest absolute Gasteiger partial charge is 0.480 e. The van der Waals surface area contributed by atoms with E-state index in [-0.39, 0.29) is 11.7 Å². The second-order valence-electron chi connectivity index (χ2n) is 6.54. The van der Waals surface area contributed by atoms with Crippen LogP contribution in [0.15, 0.2) is 36.5 Å². The van der Waals surface area contributed by atoms with E-state index in [9.17, 15) is 18.0 Å². The first-order chi connectivity index (χ1) is 13.9. The van der Waals surface area contributed by atoms with Gasteiger partial charge < -0.3 is 10.1 Å². The number of aromatic nitrogens is 4. The molecule has 0 aliphatic heterocycles. The van der Waals surface area contributed by atoms with Crippen LogP contribution in [0, 0.1) is 0 Å². The Bertz CT molecular complexity index is 1060. The number of methoxy groups -OCH3 is 1. The maximum atomic E-state index is 13.7. The predicted octanol–water partition coefficient (Wildman–Crippen LogP) is 3.43. The van der Waals surface area contributed by atoms with E-state index in [0.717, 1.165) is 31.0 Å². The molecule has 0 radical (unpaired) electrons. The summed E-state index contributed by atoms with van der Waals surface area (Å²) in [5.41, 5.74) is 0.917. The molecular formula is C19H16F3N5O2. The number of fused-ring (bicyclic) bond motifs is 1. The molecule has 7 nitrogen and oxygen atoms in total. The van der Waals surface area contributed by atoms with Gasteiger partial charge in [0.2, 0.25) is 5.88 Å². The Morgan fingerprint density at radius 3 is 2.62 bits per heavy atom.